The summed E-state index contributed by atoms with van der Waals surface area (Å²) in [4.78, 5) is 3.92. The van der Waals surface area contributed by atoms with E-state index in [2.05, 4.69) is 42.9 Å². The quantitative estimate of drug-likeness (QED) is 0.767. The first-order valence-electron chi connectivity index (χ1n) is 5.28. The maximum atomic E-state index is 12.5. The van der Waals surface area contributed by atoms with E-state index in [0.717, 1.165) is 0 Å². The Labute approximate surface area is 99.5 Å². The molecule has 0 aliphatic heterocycles. The first-order valence-corrected chi connectivity index (χ1v) is 10.1. The first kappa shape index (κ1) is 13.4. The predicted molar refractivity (Wildman–Crippen MR) is 71.3 cm³/mol. The van der Waals surface area contributed by atoms with Gasteiger partial charge >= 0.3 is 0 Å². The molecule has 1 rings (SSSR count). The van der Waals surface area contributed by atoms with E-state index >= 15 is 0 Å². The monoisotopic (exact) mass is 259 g/mol. The van der Waals surface area contributed by atoms with Crippen LogP contribution < -0.4 is 0 Å². The molecule has 1 heterocycles. The molecule has 1 atom stereocenters. The van der Waals surface area contributed by atoms with Gasteiger partial charge in [-0.15, -0.1) is 0 Å². The summed E-state index contributed by atoms with van der Waals surface area (Å²) in [7, 11) is -4.26. The van der Waals surface area contributed by atoms with Crippen LogP contribution in [0.15, 0.2) is 22.7 Å². The lowest BCUT2D eigenvalue weighted by molar-refractivity contribution is 0.672. The summed E-state index contributed by atoms with van der Waals surface area (Å²) < 4.78 is 18.8. The molecule has 0 N–H and O–H groups in total. The van der Waals surface area contributed by atoms with Crippen molar-refractivity contribution in [3.63, 3.8) is 0 Å². The summed E-state index contributed by atoms with van der Waals surface area (Å²) in [5, 5.41) is 0.103. The van der Waals surface area contributed by atoms with Gasteiger partial charge in [0.1, 0.15) is 16.2 Å². The Morgan fingerprint density at radius 1 is 1.38 bits per heavy atom. The van der Waals surface area contributed by atoms with Gasteiger partial charge in [0.05, 0.1) is 0 Å². The van der Waals surface area contributed by atoms with Gasteiger partial charge in [-0.05, 0) is 18.1 Å². The molecule has 0 bridgehead atoms. The minimum absolute atomic E-state index is 0.103. The molecule has 0 amide bonds. The molecule has 6 heteroatoms. The van der Waals surface area contributed by atoms with E-state index in [1.807, 2.05) is 0 Å². The number of aromatic nitrogens is 2. The van der Waals surface area contributed by atoms with Crippen molar-refractivity contribution in [3.05, 3.63) is 18.7 Å². The summed E-state index contributed by atoms with van der Waals surface area (Å²) >= 11 is 0. The van der Waals surface area contributed by atoms with E-state index < -0.39 is 18.2 Å². The van der Waals surface area contributed by atoms with Crippen LogP contribution in [0.4, 0.5) is 0 Å². The average molecular weight is 259 g/mol. The highest BCUT2D eigenvalue weighted by Gasteiger charge is 2.37. The third kappa shape index (κ3) is 2.73. The van der Waals surface area contributed by atoms with Gasteiger partial charge in [0.15, 0.2) is 8.24 Å². The summed E-state index contributed by atoms with van der Waals surface area (Å²) in [6.07, 6.45) is 6.58. The number of hydrogen-bond acceptors (Lipinski definition) is 3. The Balaban J connectivity index is 3.25. The van der Waals surface area contributed by atoms with Crippen molar-refractivity contribution in [3.8, 4) is 0 Å². The van der Waals surface area contributed by atoms with E-state index in [9.17, 15) is 4.21 Å². The Kier molecular flexibility index (Phi) is 3.36. The molecule has 92 valence electrons. The molecule has 1 aromatic heterocycles. The minimum atomic E-state index is -2.37. The van der Waals surface area contributed by atoms with Crippen LogP contribution in [0, 0.1) is 0 Å². The molecule has 0 spiro atoms. The Hall–Kier alpha value is -0.623. The summed E-state index contributed by atoms with van der Waals surface area (Å²) in [5.74, 6) is 0. The zero-order chi connectivity index (χ0) is 12.6. The van der Waals surface area contributed by atoms with Crippen LogP contribution in [0.2, 0.25) is 18.1 Å². The maximum absolute atomic E-state index is 12.5. The Morgan fingerprint density at radius 2 is 1.94 bits per heavy atom. The molecule has 0 aliphatic carbocycles. The summed E-state index contributed by atoms with van der Waals surface area (Å²) in [5.41, 5.74) is 0. The summed E-state index contributed by atoms with van der Waals surface area (Å²) in [6, 6.07) is 0. The highest BCUT2D eigenvalue weighted by molar-refractivity contribution is 7.92. The second kappa shape index (κ2) is 3.99. The normalized spacial score (nSPS) is 16.9. The zero-order valence-corrected chi connectivity index (χ0v) is 12.7. The van der Waals surface area contributed by atoms with Crippen molar-refractivity contribution >= 4 is 18.2 Å². The number of imidazole rings is 1. The van der Waals surface area contributed by atoms with Crippen molar-refractivity contribution in [2.24, 2.45) is 4.03 Å². The third-order valence-electron chi connectivity index (χ3n) is 3.10. The van der Waals surface area contributed by atoms with Gasteiger partial charge in [-0.25, -0.2) is 9.19 Å². The number of nitrogens with zero attached hydrogens (tertiary/aromatic N) is 3. The average Bonchev–Trinajstić information content (AvgIpc) is 2.50. The molecule has 0 fully saturated rings. The van der Waals surface area contributed by atoms with Crippen molar-refractivity contribution in [2.45, 2.75) is 38.9 Å². The van der Waals surface area contributed by atoms with Crippen LogP contribution in [-0.2, 0) is 9.92 Å². The number of hydrogen-bond donors (Lipinski definition) is 0. The molecular weight excluding hydrogens is 238 g/mol. The minimum Gasteiger partial charge on any atom is -0.261 e. The molecule has 16 heavy (non-hydrogen) atoms. The molecule has 4 nitrogen and oxygen atoms in total. The van der Waals surface area contributed by atoms with Crippen molar-refractivity contribution in [1.82, 2.24) is 8.96 Å². The first-order chi connectivity index (χ1) is 7.06. The molecule has 0 radical (unpaired) electrons. The van der Waals surface area contributed by atoms with E-state index in [0.29, 0.717) is 0 Å². The molecule has 0 saturated heterocycles. The van der Waals surface area contributed by atoms with Crippen molar-refractivity contribution in [2.75, 3.05) is 6.26 Å². The van der Waals surface area contributed by atoms with Gasteiger partial charge in [0.25, 0.3) is 0 Å². The Morgan fingerprint density at radius 3 is 2.31 bits per heavy atom. The van der Waals surface area contributed by atoms with Crippen molar-refractivity contribution in [1.29, 1.82) is 0 Å². The van der Waals surface area contributed by atoms with E-state index in [4.69, 9.17) is 0 Å². The van der Waals surface area contributed by atoms with Crippen LogP contribution >= 0.6 is 0 Å². The second-order valence-corrected chi connectivity index (χ2v) is 12.9. The standard InChI is InChI=1S/C10H21N3OSSi/c1-10(2,3)16(5,6)12-15(4,14)13-8-7-11-9-13/h7-9H,1-6H3. The van der Waals surface area contributed by atoms with Gasteiger partial charge in [0, 0.05) is 18.6 Å². The zero-order valence-electron chi connectivity index (χ0n) is 10.9. The molecule has 0 saturated carbocycles. The lowest BCUT2D eigenvalue weighted by Crippen LogP contribution is -2.37. The van der Waals surface area contributed by atoms with Gasteiger partial charge in [0.2, 0.25) is 0 Å². The highest BCUT2D eigenvalue weighted by atomic mass is 32.2. The number of rotatable bonds is 2. The third-order valence-corrected chi connectivity index (χ3v) is 11.0. The fraction of sp³-hybridized carbons (Fsp3) is 0.700. The predicted octanol–water partition coefficient (Wildman–Crippen LogP) is 2.75. The van der Waals surface area contributed by atoms with E-state index in [-0.39, 0.29) is 5.04 Å². The van der Waals surface area contributed by atoms with Gasteiger partial charge < -0.3 is 0 Å². The fourth-order valence-electron chi connectivity index (χ4n) is 1.05. The maximum Gasteiger partial charge on any atom is 0.195 e. The van der Waals surface area contributed by atoms with Crippen LogP contribution in [0.25, 0.3) is 0 Å². The topological polar surface area (TPSA) is 47.2 Å². The smallest absolute Gasteiger partial charge is 0.195 e. The highest BCUT2D eigenvalue weighted by Crippen LogP contribution is 2.37. The fourth-order valence-corrected chi connectivity index (χ4v) is 6.42. The largest absolute Gasteiger partial charge is 0.261 e. The molecule has 0 aromatic carbocycles. The van der Waals surface area contributed by atoms with Crippen LogP contribution in [0.3, 0.4) is 0 Å². The Bertz CT molecular complexity index is 465. The van der Waals surface area contributed by atoms with Gasteiger partial charge in [-0.1, -0.05) is 20.8 Å². The lowest BCUT2D eigenvalue weighted by atomic mass is 10.2. The molecule has 0 aliphatic rings. The second-order valence-electron chi connectivity index (χ2n) is 5.59. The SMILES string of the molecule is CC(C)(C)[Si](C)(C)N=S(C)(=O)n1ccnc1. The van der Waals surface area contributed by atoms with Gasteiger partial charge in [-0.3, -0.25) is 8.00 Å². The molecule has 1 aromatic rings. The van der Waals surface area contributed by atoms with Crippen molar-refractivity contribution < 1.29 is 4.21 Å². The van der Waals surface area contributed by atoms with E-state index in [1.54, 1.807) is 28.9 Å². The molecule has 1 unspecified atom stereocenters. The van der Waals surface area contributed by atoms with Gasteiger partial charge in [-0.2, -0.15) is 0 Å². The summed E-state index contributed by atoms with van der Waals surface area (Å²) in [6.45, 7) is 10.8. The van der Waals surface area contributed by atoms with E-state index in [1.165, 1.54) is 0 Å². The van der Waals surface area contributed by atoms with Crippen LogP contribution in [0.5, 0.6) is 0 Å². The van der Waals surface area contributed by atoms with Crippen LogP contribution in [0.1, 0.15) is 20.8 Å². The van der Waals surface area contributed by atoms with Crippen LogP contribution in [-0.4, -0.2) is 27.7 Å². The lowest BCUT2D eigenvalue weighted by Gasteiger charge is -2.32. The molecular formula is C10H21N3OSSi.